The highest BCUT2D eigenvalue weighted by atomic mass is 35.5. The number of halogens is 2. The van der Waals surface area contributed by atoms with Gasteiger partial charge in [0, 0.05) is 25.7 Å². The van der Waals surface area contributed by atoms with Gasteiger partial charge in [0.2, 0.25) is 5.91 Å². The van der Waals surface area contributed by atoms with E-state index in [9.17, 15) is 14.7 Å². The minimum absolute atomic E-state index is 0.00499. The smallest absolute Gasteiger partial charge is 0.355 e. The number of aromatic hydroxyl groups is 1. The molecule has 1 saturated heterocycles. The number of nitrogens with zero attached hydrogens (tertiary/aromatic N) is 5. The quantitative estimate of drug-likeness (QED) is 0.304. The van der Waals surface area contributed by atoms with E-state index in [4.69, 9.17) is 21.3 Å². The molecule has 0 aliphatic carbocycles. The fourth-order valence-corrected chi connectivity index (χ4v) is 5.71. The monoisotopic (exact) mass is 591 g/mol. The first-order valence-corrected chi connectivity index (χ1v) is 13.9. The van der Waals surface area contributed by atoms with Crippen LogP contribution in [0.3, 0.4) is 0 Å². The van der Waals surface area contributed by atoms with Crippen LogP contribution in [-0.2, 0) is 4.79 Å². The number of ether oxygens (including phenoxy) is 1. The van der Waals surface area contributed by atoms with Gasteiger partial charge < -0.3 is 19.6 Å². The van der Waals surface area contributed by atoms with Crippen LogP contribution in [0.15, 0.2) is 59.9 Å². The van der Waals surface area contributed by atoms with Gasteiger partial charge in [-0.15, -0.1) is 0 Å². The molecule has 1 amide bonds. The maximum atomic E-state index is 15.1. The van der Waals surface area contributed by atoms with Crippen LogP contribution in [-0.4, -0.2) is 63.2 Å². The summed E-state index contributed by atoms with van der Waals surface area (Å²) < 4.78 is 22.1. The van der Waals surface area contributed by atoms with Crippen LogP contribution >= 0.6 is 11.6 Å². The first-order chi connectivity index (χ1) is 20.1. The number of anilines is 1. The Morgan fingerprint density at radius 3 is 2.60 bits per heavy atom. The second-order valence-electron chi connectivity index (χ2n) is 10.5. The minimum atomic E-state index is -0.719. The summed E-state index contributed by atoms with van der Waals surface area (Å²) in [5.41, 5.74) is 0.590. The number of hydrogen-bond donors (Lipinski definition) is 1. The summed E-state index contributed by atoms with van der Waals surface area (Å²) in [6.07, 6.45) is 1.28. The van der Waals surface area contributed by atoms with Crippen molar-refractivity contribution in [2.24, 2.45) is 0 Å². The third-order valence-corrected chi connectivity index (χ3v) is 7.80. The molecule has 11 heteroatoms. The van der Waals surface area contributed by atoms with E-state index in [2.05, 4.69) is 11.6 Å². The molecule has 1 atom stereocenters. The Morgan fingerprint density at radius 1 is 1.21 bits per heavy atom. The van der Waals surface area contributed by atoms with Crippen molar-refractivity contribution in [2.45, 2.75) is 32.7 Å². The summed E-state index contributed by atoms with van der Waals surface area (Å²) in [6.45, 7) is 10.7. The van der Waals surface area contributed by atoms with Crippen LogP contribution in [0.25, 0.3) is 28.0 Å². The molecule has 218 valence electrons. The first-order valence-electron chi connectivity index (χ1n) is 13.5. The Labute approximate surface area is 247 Å². The standard InChI is InChI=1S/C31H31ClFN5O4/c1-6-25(40)36-13-14-37(18(4)16-36)29-20-15-21(32)27(26-22(33)10-8-11-23(26)39)34-30(20)38(31(41)35-29)28-19(17(2)3)9-7-12-24(28)42-5/h6-12,15,17-18,39H,1,13-14,16H2,2-5H3/t18-/m0/s1. The zero-order valence-corrected chi connectivity index (χ0v) is 24.5. The summed E-state index contributed by atoms with van der Waals surface area (Å²) in [5.74, 6) is -0.478. The van der Waals surface area contributed by atoms with Crippen molar-refractivity contribution in [1.29, 1.82) is 0 Å². The van der Waals surface area contributed by atoms with E-state index < -0.39 is 11.5 Å². The highest BCUT2D eigenvalue weighted by Crippen LogP contribution is 2.40. The SMILES string of the molecule is C=CC(=O)N1CCN(c2nc(=O)n(-c3c(OC)cccc3C(C)C)c3nc(-c4c(O)cccc4F)c(Cl)cc23)[C@@H](C)C1. The van der Waals surface area contributed by atoms with Gasteiger partial charge in [-0.25, -0.2) is 18.7 Å². The number of piperazine rings is 1. The van der Waals surface area contributed by atoms with Gasteiger partial charge >= 0.3 is 5.69 Å². The molecule has 0 bridgehead atoms. The predicted octanol–water partition coefficient (Wildman–Crippen LogP) is 5.30. The Bertz CT molecular complexity index is 1750. The second-order valence-corrected chi connectivity index (χ2v) is 10.9. The van der Waals surface area contributed by atoms with Gasteiger partial charge in [-0.05, 0) is 48.7 Å². The van der Waals surface area contributed by atoms with Crippen LogP contribution in [0.1, 0.15) is 32.3 Å². The van der Waals surface area contributed by atoms with Crippen molar-refractivity contribution in [1.82, 2.24) is 19.4 Å². The molecule has 0 spiro atoms. The lowest BCUT2D eigenvalue weighted by Gasteiger charge is -2.40. The number of amides is 1. The molecule has 1 aliphatic rings. The summed E-state index contributed by atoms with van der Waals surface area (Å²) in [4.78, 5) is 39.2. The Morgan fingerprint density at radius 2 is 1.95 bits per heavy atom. The average Bonchev–Trinajstić information content (AvgIpc) is 2.96. The molecular formula is C31H31ClFN5O4. The van der Waals surface area contributed by atoms with Crippen LogP contribution in [0, 0.1) is 5.82 Å². The third-order valence-electron chi connectivity index (χ3n) is 7.51. The van der Waals surface area contributed by atoms with Gasteiger partial charge in [-0.3, -0.25) is 4.79 Å². The van der Waals surface area contributed by atoms with Crippen molar-refractivity contribution in [2.75, 3.05) is 31.6 Å². The molecule has 1 fully saturated rings. The summed E-state index contributed by atoms with van der Waals surface area (Å²) in [5, 5.41) is 11.1. The van der Waals surface area contributed by atoms with Crippen LogP contribution in [0.4, 0.5) is 10.2 Å². The number of phenolic OH excluding ortho intramolecular Hbond substituents is 1. The maximum absolute atomic E-state index is 15.1. The summed E-state index contributed by atoms with van der Waals surface area (Å²) in [6, 6.07) is 10.8. The lowest BCUT2D eigenvalue weighted by atomic mass is 10.00. The van der Waals surface area contributed by atoms with E-state index in [0.717, 1.165) is 5.56 Å². The molecule has 4 aromatic rings. The second kappa shape index (κ2) is 11.4. The van der Waals surface area contributed by atoms with Crippen molar-refractivity contribution in [3.05, 3.63) is 82.0 Å². The summed E-state index contributed by atoms with van der Waals surface area (Å²) >= 11 is 6.73. The number of pyridine rings is 1. The number of para-hydroxylation sites is 1. The normalized spacial score (nSPS) is 15.4. The number of fused-ring (bicyclic) bond motifs is 1. The number of benzene rings is 2. The number of aromatic nitrogens is 3. The van der Waals surface area contributed by atoms with Gasteiger partial charge in [-0.2, -0.15) is 4.98 Å². The lowest BCUT2D eigenvalue weighted by Crippen LogP contribution is -2.54. The Balaban J connectivity index is 1.85. The van der Waals surface area contributed by atoms with Crippen molar-refractivity contribution in [3.63, 3.8) is 0 Å². The molecule has 0 radical (unpaired) electrons. The zero-order valence-electron chi connectivity index (χ0n) is 23.8. The van der Waals surface area contributed by atoms with Crippen LogP contribution in [0.2, 0.25) is 5.02 Å². The number of hydrogen-bond acceptors (Lipinski definition) is 7. The van der Waals surface area contributed by atoms with Gasteiger partial charge in [-0.1, -0.05) is 50.2 Å². The molecule has 9 nitrogen and oxygen atoms in total. The third kappa shape index (κ3) is 4.96. The van der Waals surface area contributed by atoms with E-state index in [0.29, 0.717) is 42.3 Å². The molecule has 0 saturated carbocycles. The van der Waals surface area contributed by atoms with Crippen LogP contribution in [0.5, 0.6) is 11.5 Å². The van der Waals surface area contributed by atoms with Gasteiger partial charge in [0.05, 0.1) is 34.5 Å². The molecule has 5 rings (SSSR count). The van der Waals surface area contributed by atoms with Crippen LogP contribution < -0.4 is 15.3 Å². The minimum Gasteiger partial charge on any atom is -0.507 e. The van der Waals surface area contributed by atoms with Crippen molar-refractivity contribution in [3.8, 4) is 28.4 Å². The number of carbonyl (C=O) groups is 1. The Kier molecular flexibility index (Phi) is 7.92. The Hall–Kier alpha value is -4.44. The number of phenols is 1. The molecular weight excluding hydrogens is 561 g/mol. The van der Waals surface area contributed by atoms with E-state index >= 15 is 4.39 Å². The average molecular weight is 592 g/mol. The molecule has 3 heterocycles. The number of rotatable bonds is 6. The maximum Gasteiger partial charge on any atom is 0.355 e. The van der Waals surface area contributed by atoms with Crippen molar-refractivity contribution >= 4 is 34.4 Å². The first kappa shape index (κ1) is 29.1. The highest BCUT2D eigenvalue weighted by Gasteiger charge is 2.31. The largest absolute Gasteiger partial charge is 0.507 e. The molecule has 1 aliphatic heterocycles. The number of methoxy groups -OCH3 is 1. The van der Waals surface area contributed by atoms with E-state index in [-0.39, 0.29) is 45.5 Å². The predicted molar refractivity (Wildman–Crippen MR) is 161 cm³/mol. The molecule has 2 aromatic heterocycles. The summed E-state index contributed by atoms with van der Waals surface area (Å²) in [7, 11) is 1.51. The molecule has 0 unspecified atom stereocenters. The van der Waals surface area contributed by atoms with E-state index in [1.54, 1.807) is 17.0 Å². The fourth-order valence-electron chi connectivity index (χ4n) is 5.46. The topological polar surface area (TPSA) is 101 Å². The van der Waals surface area contributed by atoms with E-state index in [1.807, 2.05) is 37.8 Å². The van der Waals surface area contributed by atoms with Gasteiger partial charge in [0.1, 0.15) is 23.1 Å². The van der Waals surface area contributed by atoms with E-state index in [1.165, 1.54) is 36.0 Å². The zero-order chi connectivity index (χ0) is 30.3. The molecule has 42 heavy (non-hydrogen) atoms. The number of carbonyl (C=O) groups excluding carboxylic acids is 1. The van der Waals surface area contributed by atoms with Gasteiger partial charge in [0.15, 0.2) is 5.65 Å². The molecule has 1 N–H and O–H groups in total. The van der Waals surface area contributed by atoms with Gasteiger partial charge in [0.25, 0.3) is 0 Å². The van der Waals surface area contributed by atoms with Crippen molar-refractivity contribution < 1.29 is 19.0 Å². The highest BCUT2D eigenvalue weighted by molar-refractivity contribution is 6.34. The lowest BCUT2D eigenvalue weighted by molar-refractivity contribution is -0.126. The molecule has 2 aromatic carbocycles. The fraction of sp³-hybridized carbons (Fsp3) is 0.290.